The van der Waals surface area contributed by atoms with Crippen LogP contribution in [0.5, 0.6) is 11.5 Å². The van der Waals surface area contributed by atoms with Gasteiger partial charge in [0.15, 0.2) is 0 Å². The molecule has 0 spiro atoms. The zero-order valence-electron chi connectivity index (χ0n) is 16.9. The number of hydrogen-bond donors (Lipinski definition) is 0. The van der Waals surface area contributed by atoms with Crippen LogP contribution < -0.4 is 9.47 Å². The van der Waals surface area contributed by atoms with Gasteiger partial charge in [0.25, 0.3) is 0 Å². The Bertz CT molecular complexity index is 811. The van der Waals surface area contributed by atoms with Gasteiger partial charge >= 0.3 is 0 Å². The lowest BCUT2D eigenvalue weighted by molar-refractivity contribution is -0.134. The number of aromatic nitrogens is 1. The molecule has 1 aliphatic heterocycles. The molecule has 2 heterocycles. The maximum atomic E-state index is 12.7. The van der Waals surface area contributed by atoms with Gasteiger partial charge in [-0.25, -0.2) is 0 Å². The molecule has 1 saturated heterocycles. The van der Waals surface area contributed by atoms with E-state index in [1.165, 1.54) is 0 Å². The fraction of sp³-hybridized carbons (Fsp3) is 0.409. The Morgan fingerprint density at radius 1 is 1.17 bits per heavy atom. The molecule has 2 aromatic rings. The fourth-order valence-electron chi connectivity index (χ4n) is 3.37. The molecule has 1 fully saturated rings. The van der Waals surface area contributed by atoms with Crippen molar-refractivity contribution >= 4 is 11.8 Å². The summed E-state index contributed by atoms with van der Waals surface area (Å²) in [4.78, 5) is 32.4. The van der Waals surface area contributed by atoms with Crippen LogP contribution in [0, 0.1) is 5.92 Å². The first-order valence-electron chi connectivity index (χ1n) is 9.75. The number of methoxy groups -OCH3 is 1. The van der Waals surface area contributed by atoms with E-state index in [0.717, 1.165) is 23.5 Å². The molecule has 1 aromatic heterocycles. The Labute approximate surface area is 171 Å². The normalized spacial score (nSPS) is 16.0. The summed E-state index contributed by atoms with van der Waals surface area (Å²) in [6.07, 6.45) is 4.53. The Hall–Kier alpha value is -3.09. The predicted molar refractivity (Wildman–Crippen MR) is 109 cm³/mol. The molecular weight excluding hydrogens is 370 g/mol. The van der Waals surface area contributed by atoms with Crippen molar-refractivity contribution in [1.82, 2.24) is 14.8 Å². The van der Waals surface area contributed by atoms with Crippen molar-refractivity contribution in [3.8, 4) is 11.5 Å². The molecule has 1 unspecified atom stereocenters. The number of pyridine rings is 1. The maximum absolute atomic E-state index is 12.7. The van der Waals surface area contributed by atoms with Crippen LogP contribution in [0.15, 0.2) is 48.8 Å². The van der Waals surface area contributed by atoms with Crippen LogP contribution in [-0.4, -0.2) is 67.0 Å². The third-order valence-corrected chi connectivity index (χ3v) is 5.11. The first-order chi connectivity index (χ1) is 14.1. The second-order valence-electron chi connectivity index (χ2n) is 7.13. The summed E-state index contributed by atoms with van der Waals surface area (Å²) < 4.78 is 10.8. The summed E-state index contributed by atoms with van der Waals surface area (Å²) in [6, 6.07) is 11.2. The summed E-state index contributed by atoms with van der Waals surface area (Å²) in [7, 11) is 3.41. The topological polar surface area (TPSA) is 72.0 Å². The monoisotopic (exact) mass is 397 g/mol. The Kier molecular flexibility index (Phi) is 7.05. The molecular formula is C22H27N3O4. The van der Waals surface area contributed by atoms with Crippen molar-refractivity contribution in [2.75, 3.05) is 40.4 Å². The van der Waals surface area contributed by atoms with E-state index in [4.69, 9.17) is 9.47 Å². The number of nitrogens with zero attached hydrogens (tertiary/aromatic N) is 3. The molecule has 1 aliphatic rings. The Morgan fingerprint density at radius 2 is 1.86 bits per heavy atom. The molecule has 1 aromatic carbocycles. The van der Waals surface area contributed by atoms with Crippen molar-refractivity contribution in [3.05, 3.63) is 54.4 Å². The number of rotatable bonds is 9. The Morgan fingerprint density at radius 3 is 2.55 bits per heavy atom. The van der Waals surface area contributed by atoms with Crippen LogP contribution in [0.25, 0.3) is 0 Å². The standard InChI is InChI=1S/C22H27N3O4/c1-24(12-9-17-7-10-23-11-8-17)22(27)18-15-21(26)25(16-18)13-14-29-20-5-3-19(28-2)4-6-20/h3-8,10-11,18H,9,12-16H2,1-2H3. The highest BCUT2D eigenvalue weighted by Crippen LogP contribution is 2.21. The van der Waals surface area contributed by atoms with E-state index >= 15 is 0 Å². The van der Waals surface area contributed by atoms with Crippen LogP contribution in [-0.2, 0) is 16.0 Å². The summed E-state index contributed by atoms with van der Waals surface area (Å²) >= 11 is 0. The largest absolute Gasteiger partial charge is 0.497 e. The van der Waals surface area contributed by atoms with Gasteiger partial charge in [0, 0.05) is 39.0 Å². The summed E-state index contributed by atoms with van der Waals surface area (Å²) in [5.41, 5.74) is 1.14. The summed E-state index contributed by atoms with van der Waals surface area (Å²) in [6.45, 7) is 1.92. The molecule has 0 N–H and O–H groups in total. The molecule has 0 saturated carbocycles. The van der Waals surface area contributed by atoms with Gasteiger partial charge < -0.3 is 19.3 Å². The molecule has 7 heteroatoms. The van der Waals surface area contributed by atoms with Crippen LogP contribution >= 0.6 is 0 Å². The number of hydrogen-bond acceptors (Lipinski definition) is 5. The van der Waals surface area contributed by atoms with Gasteiger partial charge in [-0.15, -0.1) is 0 Å². The summed E-state index contributed by atoms with van der Waals surface area (Å²) in [5, 5.41) is 0. The lowest BCUT2D eigenvalue weighted by Gasteiger charge is -2.21. The average molecular weight is 397 g/mol. The van der Waals surface area contributed by atoms with Gasteiger partial charge in [0.2, 0.25) is 11.8 Å². The van der Waals surface area contributed by atoms with Crippen molar-refractivity contribution in [2.24, 2.45) is 5.92 Å². The zero-order chi connectivity index (χ0) is 20.6. The van der Waals surface area contributed by atoms with Gasteiger partial charge in [-0.2, -0.15) is 0 Å². The third-order valence-electron chi connectivity index (χ3n) is 5.11. The number of ether oxygens (including phenoxy) is 2. The molecule has 7 nitrogen and oxygen atoms in total. The lowest BCUT2D eigenvalue weighted by atomic mass is 10.1. The highest BCUT2D eigenvalue weighted by molar-refractivity contribution is 5.89. The number of carbonyl (C=O) groups excluding carboxylic acids is 2. The maximum Gasteiger partial charge on any atom is 0.227 e. The smallest absolute Gasteiger partial charge is 0.227 e. The minimum absolute atomic E-state index is 0.00390. The van der Waals surface area contributed by atoms with E-state index in [9.17, 15) is 9.59 Å². The van der Waals surface area contributed by atoms with E-state index in [1.807, 2.05) is 36.4 Å². The molecule has 2 amide bonds. The number of likely N-dealkylation sites (tertiary alicyclic amines) is 1. The fourth-order valence-corrected chi connectivity index (χ4v) is 3.37. The number of carbonyl (C=O) groups is 2. The average Bonchev–Trinajstić information content (AvgIpc) is 3.13. The molecule has 154 valence electrons. The molecule has 0 bridgehead atoms. The predicted octanol–water partition coefficient (Wildman–Crippen LogP) is 2.02. The van der Waals surface area contributed by atoms with Gasteiger partial charge in [0.05, 0.1) is 19.6 Å². The van der Waals surface area contributed by atoms with E-state index in [2.05, 4.69) is 4.98 Å². The van der Waals surface area contributed by atoms with Gasteiger partial charge in [0.1, 0.15) is 18.1 Å². The van der Waals surface area contributed by atoms with E-state index < -0.39 is 0 Å². The highest BCUT2D eigenvalue weighted by atomic mass is 16.5. The number of benzene rings is 1. The van der Waals surface area contributed by atoms with Crippen molar-refractivity contribution < 1.29 is 19.1 Å². The van der Waals surface area contributed by atoms with Gasteiger partial charge in [-0.05, 0) is 48.4 Å². The van der Waals surface area contributed by atoms with E-state index in [0.29, 0.717) is 26.2 Å². The molecule has 29 heavy (non-hydrogen) atoms. The second kappa shape index (κ2) is 9.91. The van der Waals surface area contributed by atoms with Crippen molar-refractivity contribution in [2.45, 2.75) is 12.8 Å². The molecule has 0 radical (unpaired) electrons. The van der Waals surface area contributed by atoms with Crippen molar-refractivity contribution in [3.63, 3.8) is 0 Å². The molecule has 3 rings (SSSR count). The lowest BCUT2D eigenvalue weighted by Crippen LogP contribution is -2.36. The zero-order valence-corrected chi connectivity index (χ0v) is 16.9. The highest BCUT2D eigenvalue weighted by Gasteiger charge is 2.35. The van der Waals surface area contributed by atoms with E-state index in [-0.39, 0.29) is 24.2 Å². The SMILES string of the molecule is COc1ccc(OCCN2CC(C(=O)N(C)CCc3ccncc3)CC2=O)cc1. The van der Waals surface area contributed by atoms with Gasteiger partial charge in [-0.1, -0.05) is 0 Å². The minimum atomic E-state index is -0.286. The molecule has 0 aliphatic carbocycles. The summed E-state index contributed by atoms with van der Waals surface area (Å²) in [5.74, 6) is 1.23. The first-order valence-corrected chi connectivity index (χ1v) is 9.75. The number of likely N-dealkylation sites (N-methyl/N-ethyl adjacent to an activating group) is 1. The van der Waals surface area contributed by atoms with Crippen LogP contribution in [0.2, 0.25) is 0 Å². The second-order valence-corrected chi connectivity index (χ2v) is 7.13. The number of amides is 2. The van der Waals surface area contributed by atoms with Crippen LogP contribution in [0.3, 0.4) is 0 Å². The van der Waals surface area contributed by atoms with E-state index in [1.54, 1.807) is 36.4 Å². The third kappa shape index (κ3) is 5.70. The quantitative estimate of drug-likeness (QED) is 0.647. The van der Waals surface area contributed by atoms with Crippen LogP contribution in [0.4, 0.5) is 0 Å². The van der Waals surface area contributed by atoms with Gasteiger partial charge in [-0.3, -0.25) is 14.6 Å². The molecule has 1 atom stereocenters. The minimum Gasteiger partial charge on any atom is -0.497 e. The van der Waals surface area contributed by atoms with Crippen LogP contribution in [0.1, 0.15) is 12.0 Å². The van der Waals surface area contributed by atoms with Crippen molar-refractivity contribution in [1.29, 1.82) is 0 Å². The Balaban J connectivity index is 1.42. The first kappa shape index (κ1) is 20.6.